The predicted octanol–water partition coefficient (Wildman–Crippen LogP) is 3.31. The van der Waals surface area contributed by atoms with Gasteiger partial charge in [0.1, 0.15) is 13.0 Å². The first-order chi connectivity index (χ1) is 9.65. The topological polar surface area (TPSA) is 43.4 Å². The zero-order valence-electron chi connectivity index (χ0n) is 11.3. The van der Waals surface area contributed by atoms with Gasteiger partial charge in [-0.3, -0.25) is 9.59 Å². The normalized spacial score (nSPS) is 10.1. The highest BCUT2D eigenvalue weighted by atomic mass is 16.5. The van der Waals surface area contributed by atoms with Crippen LogP contribution in [0.4, 0.5) is 0 Å². The van der Waals surface area contributed by atoms with E-state index < -0.39 is 5.97 Å². The van der Waals surface area contributed by atoms with Crippen molar-refractivity contribution in [3.63, 3.8) is 0 Å². The fourth-order valence-electron chi connectivity index (χ4n) is 1.76. The van der Waals surface area contributed by atoms with E-state index in [0.717, 1.165) is 11.1 Å². The molecule has 0 aliphatic rings. The summed E-state index contributed by atoms with van der Waals surface area (Å²) in [6.07, 6.45) is -0.226. The summed E-state index contributed by atoms with van der Waals surface area (Å²) in [6, 6.07) is 16.5. The smallest absolute Gasteiger partial charge is 0.314 e. The molecule has 0 saturated heterocycles. The first kappa shape index (κ1) is 14.0. The molecule has 0 amide bonds. The number of aryl methyl sites for hydroxylation is 1. The average molecular weight is 268 g/mol. The van der Waals surface area contributed by atoms with Crippen molar-refractivity contribution in [1.82, 2.24) is 0 Å². The van der Waals surface area contributed by atoms with Crippen molar-refractivity contribution in [2.75, 3.05) is 0 Å². The Labute approximate surface area is 118 Å². The lowest BCUT2D eigenvalue weighted by molar-refractivity contribution is -0.143. The number of ether oxygens (including phenoxy) is 1. The lowest BCUT2D eigenvalue weighted by Gasteiger charge is -2.05. The molecule has 20 heavy (non-hydrogen) atoms. The fourth-order valence-corrected chi connectivity index (χ4v) is 1.76. The second kappa shape index (κ2) is 6.66. The van der Waals surface area contributed by atoms with Crippen LogP contribution in [0.5, 0.6) is 0 Å². The van der Waals surface area contributed by atoms with Gasteiger partial charge in [-0.25, -0.2) is 0 Å². The third kappa shape index (κ3) is 4.05. The van der Waals surface area contributed by atoms with Crippen molar-refractivity contribution in [3.05, 3.63) is 71.3 Å². The van der Waals surface area contributed by atoms with Gasteiger partial charge in [-0.1, -0.05) is 60.2 Å². The number of ketones is 1. The standard InChI is InChI=1S/C17H16O3/c1-13-7-9-15(10-8-13)16(18)11-17(19)20-12-14-5-3-2-4-6-14/h2-10H,11-12H2,1H3. The number of Topliss-reactive ketones (excluding diaryl/α,β-unsaturated/α-hetero) is 1. The first-order valence-electron chi connectivity index (χ1n) is 6.44. The monoisotopic (exact) mass is 268 g/mol. The highest BCUT2D eigenvalue weighted by molar-refractivity contribution is 6.05. The molecule has 0 aromatic heterocycles. The van der Waals surface area contributed by atoms with E-state index in [4.69, 9.17) is 4.74 Å². The Balaban J connectivity index is 1.85. The third-order valence-corrected chi connectivity index (χ3v) is 2.92. The summed E-state index contributed by atoms with van der Waals surface area (Å²) in [7, 11) is 0. The number of carbonyl (C=O) groups is 2. The van der Waals surface area contributed by atoms with Gasteiger partial charge in [0.2, 0.25) is 0 Å². The van der Waals surface area contributed by atoms with Crippen LogP contribution < -0.4 is 0 Å². The molecule has 0 heterocycles. The maximum atomic E-state index is 11.9. The van der Waals surface area contributed by atoms with E-state index in [2.05, 4.69) is 0 Å². The van der Waals surface area contributed by atoms with Gasteiger partial charge in [0.15, 0.2) is 5.78 Å². The molecular formula is C17H16O3. The van der Waals surface area contributed by atoms with Crippen LogP contribution in [0.1, 0.15) is 27.9 Å². The minimum atomic E-state index is -0.501. The second-order valence-electron chi connectivity index (χ2n) is 4.61. The molecule has 102 valence electrons. The Morgan fingerprint density at radius 2 is 1.60 bits per heavy atom. The van der Waals surface area contributed by atoms with Crippen LogP contribution in [0.25, 0.3) is 0 Å². The molecule has 0 N–H and O–H groups in total. The lowest BCUT2D eigenvalue weighted by atomic mass is 10.1. The van der Waals surface area contributed by atoms with Crippen molar-refractivity contribution in [3.8, 4) is 0 Å². The summed E-state index contributed by atoms with van der Waals surface area (Å²) >= 11 is 0. The maximum absolute atomic E-state index is 11.9. The van der Waals surface area contributed by atoms with Crippen LogP contribution in [-0.2, 0) is 16.1 Å². The number of hydrogen-bond donors (Lipinski definition) is 0. The molecule has 0 unspecified atom stereocenters. The van der Waals surface area contributed by atoms with E-state index in [-0.39, 0.29) is 18.8 Å². The quantitative estimate of drug-likeness (QED) is 0.474. The molecule has 0 saturated carbocycles. The Kier molecular flexibility index (Phi) is 4.66. The van der Waals surface area contributed by atoms with E-state index in [0.29, 0.717) is 5.56 Å². The van der Waals surface area contributed by atoms with E-state index >= 15 is 0 Å². The van der Waals surface area contributed by atoms with Gasteiger partial charge in [-0.05, 0) is 12.5 Å². The summed E-state index contributed by atoms with van der Waals surface area (Å²) < 4.78 is 5.08. The number of hydrogen-bond acceptors (Lipinski definition) is 3. The van der Waals surface area contributed by atoms with Crippen molar-refractivity contribution in [1.29, 1.82) is 0 Å². The van der Waals surface area contributed by atoms with Crippen molar-refractivity contribution >= 4 is 11.8 Å². The van der Waals surface area contributed by atoms with Gasteiger partial charge in [0.05, 0.1) is 0 Å². The van der Waals surface area contributed by atoms with Crippen LogP contribution in [0, 0.1) is 6.92 Å². The molecule has 0 atom stereocenters. The molecule has 0 bridgehead atoms. The van der Waals surface area contributed by atoms with Gasteiger partial charge in [0, 0.05) is 5.56 Å². The molecule has 0 fully saturated rings. The Hall–Kier alpha value is -2.42. The van der Waals surface area contributed by atoms with Crippen molar-refractivity contribution < 1.29 is 14.3 Å². The number of esters is 1. The molecule has 0 aliphatic carbocycles. The molecule has 2 aromatic rings. The number of carbonyl (C=O) groups excluding carboxylic acids is 2. The zero-order valence-corrected chi connectivity index (χ0v) is 11.3. The fraction of sp³-hybridized carbons (Fsp3) is 0.176. The predicted molar refractivity (Wildman–Crippen MR) is 76.4 cm³/mol. The summed E-state index contributed by atoms with van der Waals surface area (Å²) in [5.41, 5.74) is 2.52. The average Bonchev–Trinajstić information content (AvgIpc) is 2.47. The molecule has 3 heteroatoms. The number of rotatable bonds is 5. The largest absolute Gasteiger partial charge is 0.460 e. The molecule has 2 rings (SSSR count). The molecule has 2 aromatic carbocycles. The minimum absolute atomic E-state index is 0.195. The minimum Gasteiger partial charge on any atom is -0.460 e. The van der Waals surface area contributed by atoms with Crippen LogP contribution in [-0.4, -0.2) is 11.8 Å². The lowest BCUT2D eigenvalue weighted by Crippen LogP contribution is -2.11. The Morgan fingerprint density at radius 1 is 0.950 bits per heavy atom. The summed E-state index contributed by atoms with van der Waals surface area (Å²) in [6.45, 7) is 2.14. The third-order valence-electron chi connectivity index (χ3n) is 2.92. The van der Waals surface area contributed by atoms with E-state index in [1.807, 2.05) is 49.4 Å². The van der Waals surface area contributed by atoms with Crippen molar-refractivity contribution in [2.24, 2.45) is 0 Å². The molecule has 3 nitrogen and oxygen atoms in total. The first-order valence-corrected chi connectivity index (χ1v) is 6.44. The molecule has 0 aliphatic heterocycles. The van der Waals surface area contributed by atoms with E-state index in [1.165, 1.54) is 0 Å². The second-order valence-corrected chi connectivity index (χ2v) is 4.61. The Morgan fingerprint density at radius 3 is 2.25 bits per heavy atom. The zero-order chi connectivity index (χ0) is 14.4. The summed E-state index contributed by atoms with van der Waals surface area (Å²) in [5, 5.41) is 0. The van der Waals surface area contributed by atoms with Crippen LogP contribution in [0.3, 0.4) is 0 Å². The van der Waals surface area contributed by atoms with E-state index in [1.54, 1.807) is 12.1 Å². The Bertz CT molecular complexity index is 585. The molecule has 0 spiro atoms. The van der Waals surface area contributed by atoms with Crippen molar-refractivity contribution in [2.45, 2.75) is 20.0 Å². The van der Waals surface area contributed by atoms with Gasteiger partial charge in [-0.15, -0.1) is 0 Å². The molecule has 0 radical (unpaired) electrons. The molecular weight excluding hydrogens is 252 g/mol. The van der Waals surface area contributed by atoms with Gasteiger partial charge < -0.3 is 4.74 Å². The van der Waals surface area contributed by atoms with Crippen LogP contribution >= 0.6 is 0 Å². The number of benzene rings is 2. The van der Waals surface area contributed by atoms with Crippen LogP contribution in [0.2, 0.25) is 0 Å². The van der Waals surface area contributed by atoms with Gasteiger partial charge >= 0.3 is 5.97 Å². The van der Waals surface area contributed by atoms with E-state index in [9.17, 15) is 9.59 Å². The summed E-state index contributed by atoms with van der Waals surface area (Å²) in [5.74, 6) is -0.720. The SMILES string of the molecule is Cc1ccc(C(=O)CC(=O)OCc2ccccc2)cc1. The van der Waals surface area contributed by atoms with Gasteiger partial charge in [0.25, 0.3) is 0 Å². The maximum Gasteiger partial charge on any atom is 0.314 e. The van der Waals surface area contributed by atoms with Crippen LogP contribution in [0.15, 0.2) is 54.6 Å². The highest BCUT2D eigenvalue weighted by Crippen LogP contribution is 2.08. The highest BCUT2D eigenvalue weighted by Gasteiger charge is 2.12. The summed E-state index contributed by atoms with van der Waals surface area (Å²) in [4.78, 5) is 23.5. The van der Waals surface area contributed by atoms with Gasteiger partial charge in [-0.2, -0.15) is 0 Å².